The third-order valence-electron chi connectivity index (χ3n) is 4.62. The minimum Gasteiger partial charge on any atom is -0.350 e. The predicted octanol–water partition coefficient (Wildman–Crippen LogP) is 2.59. The molecule has 3 aromatic rings. The molecule has 0 saturated heterocycles. The van der Waals surface area contributed by atoms with Crippen molar-refractivity contribution in [1.82, 2.24) is 20.2 Å². The van der Waals surface area contributed by atoms with Crippen LogP contribution >= 0.6 is 0 Å². The van der Waals surface area contributed by atoms with Gasteiger partial charge in [-0.25, -0.2) is 4.98 Å². The molecule has 0 fully saturated rings. The van der Waals surface area contributed by atoms with Crippen LogP contribution in [0.5, 0.6) is 0 Å². The van der Waals surface area contributed by atoms with Gasteiger partial charge in [0.1, 0.15) is 0 Å². The Morgan fingerprint density at radius 3 is 2.39 bits per heavy atom. The van der Waals surface area contributed by atoms with Crippen molar-refractivity contribution in [3.63, 3.8) is 0 Å². The molecule has 28 heavy (non-hydrogen) atoms. The average Bonchev–Trinajstić information content (AvgIpc) is 3.20. The lowest BCUT2D eigenvalue weighted by molar-refractivity contribution is -0.120. The Morgan fingerprint density at radius 1 is 0.964 bits per heavy atom. The number of benzene rings is 2. The standard InChI is InChI=1S/C22H24N4O2/c1-16-3-8-20(11-17(16)2)22(28)25-13-21(27)24-12-18-4-6-19(7-5-18)14-26-10-9-23-15-26/h3-11,15H,12-14H2,1-2H3,(H,24,27)(H,25,28). The van der Waals surface area contributed by atoms with Gasteiger partial charge in [0.2, 0.25) is 5.91 Å². The van der Waals surface area contributed by atoms with Crippen LogP contribution in [0.15, 0.2) is 61.2 Å². The summed E-state index contributed by atoms with van der Waals surface area (Å²) in [6.45, 7) is 5.08. The van der Waals surface area contributed by atoms with Crippen molar-refractivity contribution in [1.29, 1.82) is 0 Å². The zero-order valence-electron chi connectivity index (χ0n) is 16.1. The molecular formula is C22H24N4O2. The first-order valence-corrected chi connectivity index (χ1v) is 9.17. The van der Waals surface area contributed by atoms with E-state index in [9.17, 15) is 9.59 Å². The van der Waals surface area contributed by atoms with E-state index in [1.54, 1.807) is 18.6 Å². The Labute approximate surface area is 164 Å². The van der Waals surface area contributed by atoms with Crippen molar-refractivity contribution in [3.05, 3.63) is 89.0 Å². The van der Waals surface area contributed by atoms with E-state index in [1.165, 1.54) is 0 Å². The Morgan fingerprint density at radius 2 is 1.71 bits per heavy atom. The minimum absolute atomic E-state index is 0.0511. The second-order valence-corrected chi connectivity index (χ2v) is 6.81. The van der Waals surface area contributed by atoms with Crippen LogP contribution in [0.25, 0.3) is 0 Å². The lowest BCUT2D eigenvalue weighted by Crippen LogP contribution is -2.36. The number of nitrogens with one attached hydrogen (secondary N) is 2. The van der Waals surface area contributed by atoms with Gasteiger partial charge < -0.3 is 15.2 Å². The van der Waals surface area contributed by atoms with Gasteiger partial charge in [-0.2, -0.15) is 0 Å². The van der Waals surface area contributed by atoms with Gasteiger partial charge in [-0.1, -0.05) is 30.3 Å². The third kappa shape index (κ3) is 5.30. The fourth-order valence-corrected chi connectivity index (χ4v) is 2.76. The largest absolute Gasteiger partial charge is 0.350 e. The van der Waals surface area contributed by atoms with E-state index >= 15 is 0 Å². The highest BCUT2D eigenvalue weighted by molar-refractivity contribution is 5.96. The normalized spacial score (nSPS) is 10.5. The molecule has 0 aliphatic heterocycles. The number of hydrogen-bond acceptors (Lipinski definition) is 3. The van der Waals surface area contributed by atoms with Crippen molar-refractivity contribution in [3.8, 4) is 0 Å². The van der Waals surface area contributed by atoms with E-state index in [4.69, 9.17) is 0 Å². The quantitative estimate of drug-likeness (QED) is 0.665. The summed E-state index contributed by atoms with van der Waals surface area (Å²) in [6, 6.07) is 13.5. The summed E-state index contributed by atoms with van der Waals surface area (Å²) in [5.74, 6) is -0.471. The van der Waals surface area contributed by atoms with Crippen molar-refractivity contribution < 1.29 is 9.59 Å². The highest BCUT2D eigenvalue weighted by Gasteiger charge is 2.09. The van der Waals surface area contributed by atoms with E-state index < -0.39 is 0 Å². The number of rotatable bonds is 7. The van der Waals surface area contributed by atoms with Crippen LogP contribution < -0.4 is 10.6 Å². The summed E-state index contributed by atoms with van der Waals surface area (Å²) >= 11 is 0. The molecule has 0 unspecified atom stereocenters. The van der Waals surface area contributed by atoms with Gasteiger partial charge in [0.25, 0.3) is 5.91 Å². The molecule has 2 amide bonds. The summed E-state index contributed by atoms with van der Waals surface area (Å²) in [6.07, 6.45) is 5.45. The third-order valence-corrected chi connectivity index (χ3v) is 4.62. The average molecular weight is 376 g/mol. The molecule has 0 aliphatic rings. The van der Waals surface area contributed by atoms with Gasteiger partial charge >= 0.3 is 0 Å². The van der Waals surface area contributed by atoms with Crippen LogP contribution in [0, 0.1) is 13.8 Å². The first-order chi connectivity index (χ1) is 13.5. The SMILES string of the molecule is Cc1ccc(C(=O)NCC(=O)NCc2ccc(Cn3ccnc3)cc2)cc1C. The number of hydrogen-bond donors (Lipinski definition) is 2. The molecule has 0 aliphatic carbocycles. The van der Waals surface area contributed by atoms with Gasteiger partial charge in [-0.3, -0.25) is 9.59 Å². The zero-order chi connectivity index (χ0) is 19.9. The molecule has 0 saturated carbocycles. The maximum absolute atomic E-state index is 12.2. The maximum atomic E-state index is 12.2. The highest BCUT2D eigenvalue weighted by atomic mass is 16.2. The van der Waals surface area contributed by atoms with Gasteiger partial charge in [-0.15, -0.1) is 0 Å². The zero-order valence-corrected chi connectivity index (χ0v) is 16.1. The van der Waals surface area contributed by atoms with E-state index in [0.717, 1.165) is 28.8 Å². The number of carbonyl (C=O) groups excluding carboxylic acids is 2. The molecule has 1 heterocycles. The van der Waals surface area contributed by atoms with Crippen LogP contribution in [-0.2, 0) is 17.9 Å². The van der Waals surface area contributed by atoms with E-state index in [2.05, 4.69) is 15.6 Å². The molecule has 0 spiro atoms. The van der Waals surface area contributed by atoms with Crippen molar-refractivity contribution in [2.24, 2.45) is 0 Å². The Balaban J connectivity index is 1.43. The summed E-state index contributed by atoms with van der Waals surface area (Å²) in [4.78, 5) is 28.2. The van der Waals surface area contributed by atoms with Crippen molar-refractivity contribution >= 4 is 11.8 Å². The first kappa shape index (κ1) is 19.4. The summed E-state index contributed by atoms with van der Waals surface area (Å²) in [5, 5.41) is 5.48. The molecule has 2 aromatic carbocycles. The number of nitrogens with zero attached hydrogens (tertiary/aromatic N) is 2. The maximum Gasteiger partial charge on any atom is 0.251 e. The highest BCUT2D eigenvalue weighted by Crippen LogP contribution is 2.09. The predicted molar refractivity (Wildman–Crippen MR) is 108 cm³/mol. The molecule has 6 nitrogen and oxygen atoms in total. The van der Waals surface area contributed by atoms with Gasteiger partial charge in [-0.05, 0) is 48.2 Å². The summed E-state index contributed by atoms with van der Waals surface area (Å²) in [5.41, 5.74) is 4.90. The lowest BCUT2D eigenvalue weighted by Gasteiger charge is -2.09. The molecule has 2 N–H and O–H groups in total. The molecule has 6 heteroatoms. The molecule has 0 radical (unpaired) electrons. The topological polar surface area (TPSA) is 76.0 Å². The number of aryl methyl sites for hydroxylation is 2. The van der Waals surface area contributed by atoms with Crippen LogP contribution in [0.3, 0.4) is 0 Å². The molecule has 0 atom stereocenters. The Hall–Kier alpha value is -3.41. The second kappa shape index (κ2) is 8.99. The molecule has 144 valence electrons. The van der Waals surface area contributed by atoms with Crippen LogP contribution in [-0.4, -0.2) is 27.9 Å². The van der Waals surface area contributed by atoms with E-state index in [0.29, 0.717) is 12.1 Å². The van der Waals surface area contributed by atoms with Crippen LogP contribution in [0.4, 0.5) is 0 Å². The molecule has 0 bridgehead atoms. The number of aromatic nitrogens is 2. The number of amides is 2. The van der Waals surface area contributed by atoms with Crippen molar-refractivity contribution in [2.75, 3.05) is 6.54 Å². The molecular weight excluding hydrogens is 352 g/mol. The number of carbonyl (C=O) groups is 2. The van der Waals surface area contributed by atoms with Crippen LogP contribution in [0.2, 0.25) is 0 Å². The second-order valence-electron chi connectivity index (χ2n) is 6.81. The molecule has 1 aromatic heterocycles. The monoisotopic (exact) mass is 376 g/mol. The Bertz CT molecular complexity index is 947. The van der Waals surface area contributed by atoms with Gasteiger partial charge in [0, 0.05) is 31.0 Å². The minimum atomic E-state index is -0.248. The smallest absolute Gasteiger partial charge is 0.251 e. The van der Waals surface area contributed by atoms with E-state index in [-0.39, 0.29) is 18.4 Å². The van der Waals surface area contributed by atoms with E-state index in [1.807, 2.05) is 61.0 Å². The van der Waals surface area contributed by atoms with Crippen LogP contribution in [0.1, 0.15) is 32.6 Å². The number of imidazole rings is 1. The van der Waals surface area contributed by atoms with Gasteiger partial charge in [0.05, 0.1) is 12.9 Å². The molecule has 3 rings (SSSR count). The fourth-order valence-electron chi connectivity index (χ4n) is 2.76. The Kier molecular flexibility index (Phi) is 6.22. The summed E-state index contributed by atoms with van der Waals surface area (Å²) < 4.78 is 2.00. The fraction of sp³-hybridized carbons (Fsp3) is 0.227. The summed E-state index contributed by atoms with van der Waals surface area (Å²) in [7, 11) is 0. The first-order valence-electron chi connectivity index (χ1n) is 9.17. The van der Waals surface area contributed by atoms with Crippen molar-refractivity contribution in [2.45, 2.75) is 26.9 Å². The van der Waals surface area contributed by atoms with Gasteiger partial charge in [0.15, 0.2) is 0 Å². The lowest BCUT2D eigenvalue weighted by atomic mass is 10.1.